The van der Waals surface area contributed by atoms with E-state index >= 15 is 0 Å². The molecule has 0 bridgehead atoms. The van der Waals surface area contributed by atoms with E-state index in [1.54, 1.807) is 25.7 Å². The van der Waals surface area contributed by atoms with Gasteiger partial charge >= 0.3 is 0 Å². The highest BCUT2D eigenvalue weighted by Crippen LogP contribution is 2.17. The predicted octanol–water partition coefficient (Wildman–Crippen LogP) is 0.469. The van der Waals surface area contributed by atoms with E-state index in [2.05, 4.69) is 20.2 Å². The van der Waals surface area contributed by atoms with Crippen molar-refractivity contribution >= 4 is 21.8 Å². The summed E-state index contributed by atoms with van der Waals surface area (Å²) in [5, 5.41) is 9.63. The average molecular weight is 292 g/mol. The lowest BCUT2D eigenvalue weighted by Crippen LogP contribution is -2.27. The van der Waals surface area contributed by atoms with Gasteiger partial charge in [-0.05, 0) is 32.4 Å². The van der Waals surface area contributed by atoms with E-state index in [0.717, 1.165) is 12.2 Å². The Morgan fingerprint density at radius 2 is 2.17 bits per heavy atom. The van der Waals surface area contributed by atoms with Gasteiger partial charge in [0.15, 0.2) is 0 Å². The molecule has 104 valence electrons. The molecular weight excluding hydrogens is 272 g/mol. The molecule has 8 heteroatoms. The molecule has 1 aromatic rings. The van der Waals surface area contributed by atoms with Crippen LogP contribution in [-0.2, 0) is 16.6 Å². The quantitative estimate of drug-likeness (QED) is 0.606. The van der Waals surface area contributed by atoms with Gasteiger partial charge in [-0.3, -0.25) is 5.10 Å². The van der Waals surface area contributed by atoms with Crippen LogP contribution in [0.1, 0.15) is 17.8 Å². The second-order valence-electron chi connectivity index (χ2n) is 3.90. The minimum atomic E-state index is -3.47. The molecule has 0 amide bonds. The van der Waals surface area contributed by atoms with E-state index in [1.165, 1.54) is 0 Å². The summed E-state index contributed by atoms with van der Waals surface area (Å²) in [6.07, 6.45) is 2.82. The largest absolute Gasteiger partial charge is 0.314 e. The number of sulfonamides is 1. The minimum Gasteiger partial charge on any atom is -0.314 e. The Morgan fingerprint density at radius 1 is 1.44 bits per heavy atom. The van der Waals surface area contributed by atoms with Gasteiger partial charge in [0.2, 0.25) is 10.0 Å². The van der Waals surface area contributed by atoms with Crippen LogP contribution < -0.4 is 10.0 Å². The zero-order valence-electron chi connectivity index (χ0n) is 10.9. The number of hydrogen-bond acceptors (Lipinski definition) is 5. The number of nitrogens with one attached hydrogen (secondary N) is 3. The summed E-state index contributed by atoms with van der Waals surface area (Å²) in [5.74, 6) is 0.941. The summed E-state index contributed by atoms with van der Waals surface area (Å²) >= 11 is 1.70. The number of thioether (sulfide) groups is 1. The third-order valence-corrected chi connectivity index (χ3v) is 4.75. The number of aromatic amines is 1. The molecule has 6 nitrogen and oxygen atoms in total. The fourth-order valence-corrected chi connectivity index (χ4v) is 3.48. The Hall–Kier alpha value is -0.570. The molecule has 1 rings (SSSR count). The van der Waals surface area contributed by atoms with Crippen molar-refractivity contribution < 1.29 is 8.42 Å². The summed E-state index contributed by atoms with van der Waals surface area (Å²) in [4.78, 5) is 0.265. The van der Waals surface area contributed by atoms with Gasteiger partial charge in [0.25, 0.3) is 0 Å². The molecule has 3 N–H and O–H groups in total. The van der Waals surface area contributed by atoms with Crippen molar-refractivity contribution in [3.8, 4) is 0 Å². The van der Waals surface area contributed by atoms with Crippen LogP contribution in [0.4, 0.5) is 0 Å². The maximum Gasteiger partial charge on any atom is 0.244 e. The molecule has 0 radical (unpaired) electrons. The van der Waals surface area contributed by atoms with Gasteiger partial charge in [-0.25, -0.2) is 13.1 Å². The Balaban J connectivity index is 2.80. The third kappa shape index (κ3) is 3.98. The van der Waals surface area contributed by atoms with Crippen LogP contribution in [0.15, 0.2) is 4.90 Å². The zero-order valence-corrected chi connectivity index (χ0v) is 12.5. The van der Waals surface area contributed by atoms with E-state index in [-0.39, 0.29) is 4.90 Å². The first-order valence-electron chi connectivity index (χ1n) is 5.70. The van der Waals surface area contributed by atoms with Gasteiger partial charge in [-0.15, -0.1) is 0 Å². The number of aromatic nitrogens is 2. The summed E-state index contributed by atoms with van der Waals surface area (Å²) in [7, 11) is -1.72. The molecule has 0 saturated carbocycles. The lowest BCUT2D eigenvalue weighted by molar-refractivity contribution is 0.578. The van der Waals surface area contributed by atoms with Crippen LogP contribution in [0.3, 0.4) is 0 Å². The molecule has 1 aromatic heterocycles. The molecular formula is C10H20N4O2S2. The Bertz CT molecular complexity index is 470. The van der Waals surface area contributed by atoms with Crippen LogP contribution >= 0.6 is 11.8 Å². The first-order chi connectivity index (χ1) is 8.53. The number of hydrogen-bond donors (Lipinski definition) is 3. The molecule has 0 atom stereocenters. The van der Waals surface area contributed by atoms with Crippen molar-refractivity contribution in [2.24, 2.45) is 0 Å². The van der Waals surface area contributed by atoms with E-state index < -0.39 is 10.0 Å². The van der Waals surface area contributed by atoms with Crippen LogP contribution in [-0.4, -0.2) is 44.2 Å². The van der Waals surface area contributed by atoms with Crippen LogP contribution in [0.25, 0.3) is 0 Å². The van der Waals surface area contributed by atoms with E-state index in [4.69, 9.17) is 0 Å². The Morgan fingerprint density at radius 3 is 2.78 bits per heavy atom. The summed E-state index contributed by atoms with van der Waals surface area (Å²) in [6.45, 7) is 2.58. The van der Waals surface area contributed by atoms with Crippen molar-refractivity contribution in [3.05, 3.63) is 11.4 Å². The number of rotatable bonds is 8. The molecule has 1 heterocycles. The van der Waals surface area contributed by atoms with Crippen molar-refractivity contribution in [1.82, 2.24) is 20.2 Å². The molecule has 0 aliphatic rings. The van der Waals surface area contributed by atoms with Gasteiger partial charge in [0, 0.05) is 13.1 Å². The van der Waals surface area contributed by atoms with E-state index in [1.807, 2.05) is 6.26 Å². The number of H-pyrrole nitrogens is 1. The lowest BCUT2D eigenvalue weighted by atomic mass is 10.4. The molecule has 0 fully saturated rings. The highest BCUT2D eigenvalue weighted by molar-refractivity contribution is 7.98. The van der Waals surface area contributed by atoms with Crippen LogP contribution in [0.5, 0.6) is 0 Å². The summed E-state index contributed by atoms with van der Waals surface area (Å²) < 4.78 is 26.9. The van der Waals surface area contributed by atoms with Crippen LogP contribution in [0.2, 0.25) is 0 Å². The second-order valence-corrected chi connectivity index (χ2v) is 6.59. The minimum absolute atomic E-state index is 0.265. The summed E-state index contributed by atoms with van der Waals surface area (Å²) in [6, 6.07) is 0. The normalized spacial score (nSPS) is 11.9. The highest BCUT2D eigenvalue weighted by atomic mass is 32.2. The maximum absolute atomic E-state index is 12.2. The average Bonchev–Trinajstić information content (AvgIpc) is 2.67. The molecule has 0 saturated heterocycles. The van der Waals surface area contributed by atoms with Crippen molar-refractivity contribution in [2.45, 2.75) is 24.8 Å². The molecule has 0 unspecified atom stereocenters. The topological polar surface area (TPSA) is 86.9 Å². The Kier molecular flexibility index (Phi) is 6.13. The molecule has 0 aliphatic heterocycles. The molecule has 0 aromatic carbocycles. The standard InChI is InChI=1S/C10H20N4O2S2/c1-8-10(9(7-11-2)14-13-8)18(15,16)12-5-4-6-17-3/h11-12H,4-7H2,1-3H3,(H,13,14). The molecule has 0 spiro atoms. The fraction of sp³-hybridized carbons (Fsp3) is 0.700. The SMILES string of the molecule is CNCc1n[nH]c(C)c1S(=O)(=O)NCCCSC. The monoisotopic (exact) mass is 292 g/mol. The number of nitrogens with zero attached hydrogens (tertiary/aromatic N) is 1. The van der Waals surface area contributed by atoms with E-state index in [9.17, 15) is 8.42 Å². The van der Waals surface area contributed by atoms with Gasteiger partial charge in [0.05, 0.1) is 11.4 Å². The smallest absolute Gasteiger partial charge is 0.244 e. The van der Waals surface area contributed by atoms with Crippen LogP contribution in [0, 0.1) is 6.92 Å². The molecule has 0 aliphatic carbocycles. The highest BCUT2D eigenvalue weighted by Gasteiger charge is 2.23. The predicted molar refractivity (Wildman–Crippen MR) is 74.3 cm³/mol. The van der Waals surface area contributed by atoms with Gasteiger partial charge in [0.1, 0.15) is 4.90 Å². The van der Waals surface area contributed by atoms with Gasteiger partial charge in [-0.1, -0.05) is 0 Å². The zero-order chi connectivity index (χ0) is 13.6. The van der Waals surface area contributed by atoms with Crippen molar-refractivity contribution in [2.75, 3.05) is 25.6 Å². The molecule has 18 heavy (non-hydrogen) atoms. The number of aryl methyl sites for hydroxylation is 1. The van der Waals surface area contributed by atoms with Crippen molar-refractivity contribution in [3.63, 3.8) is 0 Å². The van der Waals surface area contributed by atoms with Gasteiger partial charge < -0.3 is 5.32 Å². The first-order valence-corrected chi connectivity index (χ1v) is 8.57. The third-order valence-electron chi connectivity index (χ3n) is 2.39. The maximum atomic E-state index is 12.2. The summed E-state index contributed by atoms with van der Waals surface area (Å²) in [5.41, 5.74) is 1.09. The van der Waals surface area contributed by atoms with Gasteiger partial charge in [-0.2, -0.15) is 16.9 Å². The Labute approximate surface area is 112 Å². The second kappa shape index (κ2) is 7.13. The van der Waals surface area contributed by atoms with Crippen molar-refractivity contribution in [1.29, 1.82) is 0 Å². The van der Waals surface area contributed by atoms with E-state index in [0.29, 0.717) is 24.5 Å². The lowest BCUT2D eigenvalue weighted by Gasteiger charge is -2.07. The first kappa shape index (κ1) is 15.5. The fourth-order valence-electron chi connectivity index (χ4n) is 1.61.